The second kappa shape index (κ2) is 4.03. The fourth-order valence-electron chi connectivity index (χ4n) is 1.84. The maximum absolute atomic E-state index is 10.2. The van der Waals surface area contributed by atoms with Crippen LogP contribution < -0.4 is 0 Å². The molecule has 0 bridgehead atoms. The molecule has 0 amide bonds. The van der Waals surface area contributed by atoms with Gasteiger partial charge in [0.25, 0.3) is 0 Å². The lowest BCUT2D eigenvalue weighted by molar-refractivity contribution is 0.192. The summed E-state index contributed by atoms with van der Waals surface area (Å²) in [5.41, 5.74) is 1.51. The second-order valence-electron chi connectivity index (χ2n) is 3.88. The van der Waals surface area contributed by atoms with Crippen LogP contribution in [0.15, 0.2) is 59.3 Å². The van der Waals surface area contributed by atoms with Crippen LogP contribution in [-0.2, 0) is 0 Å². The van der Waals surface area contributed by atoms with Crippen molar-refractivity contribution in [2.45, 2.75) is 6.10 Å². The monoisotopic (exact) mass is 225 g/mol. The molecule has 3 rings (SSSR count). The normalized spacial score (nSPS) is 12.8. The van der Waals surface area contributed by atoms with Gasteiger partial charge in [0.2, 0.25) is 0 Å². The molecule has 0 radical (unpaired) electrons. The van der Waals surface area contributed by atoms with Crippen LogP contribution in [-0.4, -0.2) is 10.1 Å². The molecule has 1 N–H and O–H groups in total. The average molecular weight is 225 g/mol. The molecule has 3 heteroatoms. The molecule has 0 aliphatic rings. The number of hydrogen-bond donors (Lipinski definition) is 1. The summed E-state index contributed by atoms with van der Waals surface area (Å²) >= 11 is 0. The van der Waals surface area contributed by atoms with Crippen LogP contribution in [0.4, 0.5) is 0 Å². The molecule has 1 aromatic carbocycles. The van der Waals surface area contributed by atoms with Crippen LogP contribution in [0.1, 0.15) is 17.4 Å². The number of hydrogen-bond acceptors (Lipinski definition) is 3. The zero-order valence-electron chi connectivity index (χ0n) is 9.08. The first-order valence-electron chi connectivity index (χ1n) is 5.41. The fraction of sp³-hybridized carbons (Fsp3) is 0.0714. The zero-order valence-corrected chi connectivity index (χ0v) is 9.08. The van der Waals surface area contributed by atoms with Crippen molar-refractivity contribution in [2.75, 3.05) is 0 Å². The van der Waals surface area contributed by atoms with E-state index in [1.165, 1.54) is 0 Å². The first-order valence-corrected chi connectivity index (χ1v) is 5.41. The van der Waals surface area contributed by atoms with Gasteiger partial charge in [0.05, 0.1) is 6.20 Å². The second-order valence-corrected chi connectivity index (χ2v) is 3.88. The van der Waals surface area contributed by atoms with Crippen LogP contribution in [0, 0.1) is 0 Å². The number of pyridine rings is 1. The number of aromatic nitrogens is 1. The van der Waals surface area contributed by atoms with Gasteiger partial charge in [-0.15, -0.1) is 0 Å². The number of nitrogens with zero attached hydrogens (tertiary/aromatic N) is 1. The molecule has 3 aromatic rings. The number of benzene rings is 1. The van der Waals surface area contributed by atoms with E-state index < -0.39 is 6.10 Å². The highest BCUT2D eigenvalue weighted by Crippen LogP contribution is 2.27. The molecule has 1 unspecified atom stereocenters. The summed E-state index contributed by atoms with van der Waals surface area (Å²) in [7, 11) is 0. The number of aliphatic hydroxyl groups is 1. The molecule has 0 aliphatic heterocycles. The Balaban J connectivity index is 2.04. The maximum atomic E-state index is 10.2. The Bertz CT molecular complexity index is 598. The molecule has 84 valence electrons. The number of aliphatic hydroxyl groups excluding tert-OH is 1. The van der Waals surface area contributed by atoms with Crippen LogP contribution in [0.5, 0.6) is 0 Å². The van der Waals surface area contributed by atoms with Crippen LogP contribution >= 0.6 is 0 Å². The Morgan fingerprint density at radius 2 is 1.94 bits per heavy atom. The van der Waals surface area contributed by atoms with E-state index in [9.17, 15) is 5.11 Å². The Hall–Kier alpha value is -2.13. The predicted molar refractivity (Wildman–Crippen MR) is 64.5 cm³/mol. The number of fused-ring (bicyclic) bond motifs is 1. The highest BCUT2D eigenvalue weighted by molar-refractivity contribution is 5.76. The van der Waals surface area contributed by atoms with Gasteiger partial charge in [-0.3, -0.25) is 4.98 Å². The first-order chi connectivity index (χ1) is 8.34. The van der Waals surface area contributed by atoms with Crippen molar-refractivity contribution < 1.29 is 9.52 Å². The van der Waals surface area contributed by atoms with Gasteiger partial charge in [0.15, 0.2) is 5.58 Å². The van der Waals surface area contributed by atoms with Gasteiger partial charge in [-0.25, -0.2) is 0 Å². The Morgan fingerprint density at radius 3 is 2.71 bits per heavy atom. The van der Waals surface area contributed by atoms with Gasteiger partial charge < -0.3 is 9.52 Å². The van der Waals surface area contributed by atoms with Crippen LogP contribution in [0.2, 0.25) is 0 Å². The number of rotatable bonds is 2. The minimum Gasteiger partial charge on any atom is -0.456 e. The zero-order chi connectivity index (χ0) is 11.7. The highest BCUT2D eigenvalue weighted by Gasteiger charge is 2.14. The topological polar surface area (TPSA) is 46.3 Å². The SMILES string of the molecule is OC(c1ccccc1)c1cc2ccncc2o1. The minimum atomic E-state index is -0.733. The molecule has 3 nitrogen and oxygen atoms in total. The average Bonchev–Trinajstić information content (AvgIpc) is 2.82. The largest absolute Gasteiger partial charge is 0.456 e. The molecular weight excluding hydrogens is 214 g/mol. The summed E-state index contributed by atoms with van der Waals surface area (Å²) in [5, 5.41) is 11.1. The molecular formula is C14H11NO2. The summed E-state index contributed by atoms with van der Waals surface area (Å²) in [6, 6.07) is 13.1. The van der Waals surface area contributed by atoms with E-state index in [1.54, 1.807) is 12.4 Å². The maximum Gasteiger partial charge on any atom is 0.152 e. The highest BCUT2D eigenvalue weighted by atomic mass is 16.4. The van der Waals surface area contributed by atoms with Gasteiger partial charge in [-0.1, -0.05) is 30.3 Å². The van der Waals surface area contributed by atoms with Crippen molar-refractivity contribution in [1.82, 2.24) is 4.98 Å². The minimum absolute atomic E-state index is 0.541. The van der Waals surface area contributed by atoms with E-state index in [0.717, 1.165) is 10.9 Å². The summed E-state index contributed by atoms with van der Waals surface area (Å²) < 4.78 is 5.57. The smallest absolute Gasteiger partial charge is 0.152 e. The van der Waals surface area contributed by atoms with Gasteiger partial charge in [0.1, 0.15) is 11.9 Å². The quantitative estimate of drug-likeness (QED) is 0.729. The third-order valence-corrected chi connectivity index (χ3v) is 2.73. The van der Waals surface area contributed by atoms with E-state index in [-0.39, 0.29) is 0 Å². The first kappa shape index (κ1) is 10.1. The summed E-state index contributed by atoms with van der Waals surface area (Å²) in [5.74, 6) is 0.541. The van der Waals surface area contributed by atoms with E-state index in [0.29, 0.717) is 11.3 Å². The van der Waals surface area contributed by atoms with E-state index >= 15 is 0 Å². The summed E-state index contributed by atoms with van der Waals surface area (Å²) in [4.78, 5) is 3.98. The molecule has 0 fully saturated rings. The third-order valence-electron chi connectivity index (χ3n) is 2.73. The van der Waals surface area contributed by atoms with Crippen LogP contribution in [0.3, 0.4) is 0 Å². The van der Waals surface area contributed by atoms with Crippen LogP contribution in [0.25, 0.3) is 11.0 Å². The van der Waals surface area contributed by atoms with E-state index in [1.807, 2.05) is 42.5 Å². The third kappa shape index (κ3) is 1.81. The molecule has 2 aromatic heterocycles. The van der Waals surface area contributed by atoms with Crippen molar-refractivity contribution in [3.63, 3.8) is 0 Å². The summed E-state index contributed by atoms with van der Waals surface area (Å²) in [6.07, 6.45) is 2.62. The van der Waals surface area contributed by atoms with Gasteiger partial charge in [-0.2, -0.15) is 0 Å². The molecule has 1 atom stereocenters. The van der Waals surface area contributed by atoms with Crippen molar-refractivity contribution >= 4 is 11.0 Å². The predicted octanol–water partition coefficient (Wildman–Crippen LogP) is 2.91. The van der Waals surface area contributed by atoms with Gasteiger partial charge in [0, 0.05) is 11.6 Å². The lowest BCUT2D eigenvalue weighted by Crippen LogP contribution is -1.96. The van der Waals surface area contributed by atoms with E-state index in [2.05, 4.69) is 4.98 Å². The lowest BCUT2D eigenvalue weighted by Gasteiger charge is -2.06. The van der Waals surface area contributed by atoms with Gasteiger partial charge >= 0.3 is 0 Å². The Labute approximate surface area is 98.3 Å². The molecule has 17 heavy (non-hydrogen) atoms. The van der Waals surface area contributed by atoms with Crippen molar-refractivity contribution in [2.24, 2.45) is 0 Å². The van der Waals surface area contributed by atoms with E-state index in [4.69, 9.17) is 4.42 Å². The number of furan rings is 1. The van der Waals surface area contributed by atoms with Crippen molar-refractivity contribution in [3.05, 3.63) is 66.2 Å². The summed E-state index contributed by atoms with van der Waals surface area (Å²) in [6.45, 7) is 0. The molecule has 0 saturated heterocycles. The van der Waals surface area contributed by atoms with Gasteiger partial charge in [-0.05, 0) is 17.7 Å². The van der Waals surface area contributed by atoms with Crippen molar-refractivity contribution in [1.29, 1.82) is 0 Å². The lowest BCUT2D eigenvalue weighted by atomic mass is 10.1. The molecule has 2 heterocycles. The van der Waals surface area contributed by atoms with Crippen molar-refractivity contribution in [3.8, 4) is 0 Å². The standard InChI is InChI=1S/C14H11NO2/c16-14(10-4-2-1-3-5-10)12-8-11-6-7-15-9-13(11)17-12/h1-9,14,16H. The fourth-order valence-corrected chi connectivity index (χ4v) is 1.84. The molecule has 0 saturated carbocycles. The Kier molecular flexibility index (Phi) is 2.38. The Morgan fingerprint density at radius 1 is 1.12 bits per heavy atom. The molecule has 0 aliphatic carbocycles. The molecule has 0 spiro atoms.